The van der Waals surface area contributed by atoms with E-state index in [2.05, 4.69) is 15.9 Å². The average molecular weight is 306 g/mol. The molecule has 1 aromatic rings. The topological polar surface area (TPSA) is 98.9 Å². The van der Waals surface area contributed by atoms with Crippen LogP contribution in [-0.2, 0) is 0 Å². The number of benzene rings is 1. The summed E-state index contributed by atoms with van der Waals surface area (Å²) in [5.41, 5.74) is -1.13. The number of nitro groups is 1. The van der Waals surface area contributed by atoms with E-state index in [4.69, 9.17) is 14.6 Å². The number of nitro benzene ring substituents is 1. The van der Waals surface area contributed by atoms with E-state index in [0.29, 0.717) is 0 Å². The van der Waals surface area contributed by atoms with Crippen molar-refractivity contribution in [2.24, 2.45) is 0 Å². The highest BCUT2D eigenvalue weighted by atomic mass is 79.9. The van der Waals surface area contributed by atoms with Crippen molar-refractivity contribution in [2.45, 2.75) is 0 Å². The third kappa shape index (κ3) is 2.31. The number of hydrogen-bond acceptors (Lipinski definition) is 5. The van der Waals surface area contributed by atoms with Crippen molar-refractivity contribution in [3.05, 3.63) is 26.2 Å². The standard InChI is InChI=1S/C9H8BrNO6/c1-16-4-3-5(17-2)8(11(14)15)6(7(4)10)9(12)13/h3H,1-2H3,(H,12,13). The molecule has 0 saturated heterocycles. The number of halogens is 1. The number of carboxylic acids is 1. The fourth-order valence-electron chi connectivity index (χ4n) is 1.28. The first-order chi connectivity index (χ1) is 7.93. The summed E-state index contributed by atoms with van der Waals surface area (Å²) in [6, 6.07) is 1.24. The number of carbonyl (C=O) groups is 1. The Labute approximate surface area is 104 Å². The van der Waals surface area contributed by atoms with Crippen LogP contribution in [0.3, 0.4) is 0 Å². The lowest BCUT2D eigenvalue weighted by atomic mass is 10.1. The number of aromatic carboxylic acids is 1. The van der Waals surface area contributed by atoms with Crippen LogP contribution in [0.4, 0.5) is 5.69 Å². The zero-order chi connectivity index (χ0) is 13.2. The molecule has 0 aliphatic rings. The van der Waals surface area contributed by atoms with Crippen molar-refractivity contribution in [1.29, 1.82) is 0 Å². The molecular formula is C9H8BrNO6. The fraction of sp³-hybridized carbons (Fsp3) is 0.222. The molecule has 0 unspecified atom stereocenters. The number of methoxy groups -OCH3 is 2. The van der Waals surface area contributed by atoms with Crippen molar-refractivity contribution in [1.82, 2.24) is 0 Å². The Morgan fingerprint density at radius 2 is 1.94 bits per heavy atom. The van der Waals surface area contributed by atoms with E-state index in [9.17, 15) is 14.9 Å². The van der Waals surface area contributed by atoms with Gasteiger partial charge < -0.3 is 14.6 Å². The molecular weight excluding hydrogens is 298 g/mol. The van der Waals surface area contributed by atoms with Gasteiger partial charge >= 0.3 is 11.7 Å². The third-order valence-corrected chi connectivity index (χ3v) is 2.79. The minimum absolute atomic E-state index is 0.000000000000000222. The number of nitrogens with zero attached hydrogens (tertiary/aromatic N) is 1. The highest BCUT2D eigenvalue weighted by molar-refractivity contribution is 9.10. The predicted octanol–water partition coefficient (Wildman–Crippen LogP) is 2.07. The zero-order valence-electron chi connectivity index (χ0n) is 8.89. The van der Waals surface area contributed by atoms with E-state index >= 15 is 0 Å². The van der Waals surface area contributed by atoms with Crippen molar-refractivity contribution in [2.75, 3.05) is 14.2 Å². The molecule has 0 saturated carbocycles. The summed E-state index contributed by atoms with van der Waals surface area (Å²) in [7, 11) is 2.53. The minimum Gasteiger partial charge on any atom is -0.495 e. The summed E-state index contributed by atoms with van der Waals surface area (Å²) in [6.07, 6.45) is 0. The van der Waals surface area contributed by atoms with E-state index in [0.717, 1.165) is 0 Å². The van der Waals surface area contributed by atoms with Crippen LogP contribution in [0.2, 0.25) is 0 Å². The number of carboxylic acid groups (broad SMARTS) is 1. The molecule has 0 aliphatic heterocycles. The molecule has 1 aromatic carbocycles. The molecule has 0 fully saturated rings. The third-order valence-electron chi connectivity index (χ3n) is 2.00. The van der Waals surface area contributed by atoms with E-state index in [1.807, 2.05) is 0 Å². The van der Waals surface area contributed by atoms with Gasteiger partial charge in [0.25, 0.3) is 0 Å². The van der Waals surface area contributed by atoms with Gasteiger partial charge in [-0.1, -0.05) is 0 Å². The number of rotatable bonds is 4. The predicted molar refractivity (Wildman–Crippen MR) is 60.9 cm³/mol. The van der Waals surface area contributed by atoms with Gasteiger partial charge in [-0.25, -0.2) is 4.79 Å². The Bertz CT molecular complexity index is 487. The largest absolute Gasteiger partial charge is 0.495 e. The Balaban J connectivity index is 3.71. The molecule has 0 atom stereocenters. The highest BCUT2D eigenvalue weighted by Crippen LogP contribution is 2.42. The molecule has 0 amide bonds. The van der Waals surface area contributed by atoms with E-state index < -0.39 is 22.1 Å². The number of ether oxygens (including phenoxy) is 2. The Morgan fingerprint density at radius 1 is 1.41 bits per heavy atom. The van der Waals surface area contributed by atoms with Gasteiger partial charge in [0.15, 0.2) is 5.56 Å². The molecule has 0 aliphatic carbocycles. The summed E-state index contributed by atoms with van der Waals surface area (Å²) in [5, 5.41) is 19.8. The molecule has 1 N–H and O–H groups in total. The Morgan fingerprint density at radius 3 is 2.29 bits per heavy atom. The molecule has 0 radical (unpaired) electrons. The summed E-state index contributed by atoms with van der Waals surface area (Å²) < 4.78 is 9.69. The Kier molecular flexibility index (Phi) is 3.89. The quantitative estimate of drug-likeness (QED) is 0.675. The lowest BCUT2D eigenvalue weighted by Crippen LogP contribution is -2.07. The van der Waals surface area contributed by atoms with E-state index in [-0.39, 0.29) is 16.0 Å². The van der Waals surface area contributed by atoms with Gasteiger partial charge in [0, 0.05) is 6.07 Å². The maximum Gasteiger partial charge on any atom is 0.344 e. The van der Waals surface area contributed by atoms with Crippen molar-refractivity contribution in [3.63, 3.8) is 0 Å². The Hall–Kier alpha value is -1.83. The van der Waals surface area contributed by atoms with E-state index in [1.165, 1.54) is 20.3 Å². The molecule has 1 rings (SSSR count). The minimum atomic E-state index is -1.44. The van der Waals surface area contributed by atoms with Crippen molar-refractivity contribution in [3.8, 4) is 11.5 Å². The van der Waals surface area contributed by atoms with Crippen LogP contribution in [0, 0.1) is 10.1 Å². The first-order valence-corrected chi connectivity index (χ1v) is 5.05. The molecule has 0 spiro atoms. The monoisotopic (exact) mass is 305 g/mol. The molecule has 92 valence electrons. The molecule has 0 heterocycles. The first kappa shape index (κ1) is 13.2. The maximum absolute atomic E-state index is 11.0. The fourth-order valence-corrected chi connectivity index (χ4v) is 1.92. The number of hydrogen-bond donors (Lipinski definition) is 1. The normalized spacial score (nSPS) is 9.82. The lowest BCUT2D eigenvalue weighted by Gasteiger charge is -2.10. The summed E-state index contributed by atoms with van der Waals surface area (Å²) in [5.74, 6) is -1.47. The smallest absolute Gasteiger partial charge is 0.344 e. The van der Waals surface area contributed by atoms with Crippen LogP contribution >= 0.6 is 15.9 Å². The second-order valence-corrected chi connectivity index (χ2v) is 3.67. The van der Waals surface area contributed by atoms with Crippen molar-refractivity contribution < 1.29 is 24.3 Å². The lowest BCUT2D eigenvalue weighted by molar-refractivity contribution is -0.386. The average Bonchev–Trinajstić information content (AvgIpc) is 2.27. The van der Waals surface area contributed by atoms with Crippen LogP contribution in [-0.4, -0.2) is 30.2 Å². The summed E-state index contributed by atoms with van der Waals surface area (Å²) in [4.78, 5) is 21.1. The maximum atomic E-state index is 11.0. The molecule has 0 aromatic heterocycles. The SMILES string of the molecule is COc1cc(OC)c([N+](=O)[O-])c(C(=O)O)c1Br. The van der Waals surface area contributed by atoms with Crippen molar-refractivity contribution >= 4 is 27.6 Å². The van der Waals surface area contributed by atoms with Crippen LogP contribution in [0.15, 0.2) is 10.5 Å². The van der Waals surface area contributed by atoms with Crippen LogP contribution in [0.5, 0.6) is 11.5 Å². The van der Waals surface area contributed by atoms with Gasteiger partial charge in [-0.2, -0.15) is 0 Å². The van der Waals surface area contributed by atoms with Crippen LogP contribution < -0.4 is 9.47 Å². The van der Waals surface area contributed by atoms with Crippen LogP contribution in [0.1, 0.15) is 10.4 Å². The van der Waals surface area contributed by atoms with Gasteiger partial charge in [-0.3, -0.25) is 10.1 Å². The van der Waals surface area contributed by atoms with E-state index in [1.54, 1.807) is 0 Å². The van der Waals surface area contributed by atoms with Crippen LogP contribution in [0.25, 0.3) is 0 Å². The van der Waals surface area contributed by atoms with Gasteiger partial charge in [0.2, 0.25) is 5.75 Å². The molecule has 7 nitrogen and oxygen atoms in total. The van der Waals surface area contributed by atoms with Gasteiger partial charge in [-0.05, 0) is 15.9 Å². The molecule has 8 heteroatoms. The zero-order valence-corrected chi connectivity index (χ0v) is 10.5. The molecule has 17 heavy (non-hydrogen) atoms. The summed E-state index contributed by atoms with van der Waals surface area (Å²) >= 11 is 2.96. The van der Waals surface area contributed by atoms with Gasteiger partial charge in [-0.15, -0.1) is 0 Å². The first-order valence-electron chi connectivity index (χ1n) is 4.26. The van der Waals surface area contributed by atoms with Gasteiger partial charge in [0.05, 0.1) is 23.6 Å². The second-order valence-electron chi connectivity index (χ2n) is 2.88. The van der Waals surface area contributed by atoms with Gasteiger partial charge in [0.1, 0.15) is 5.75 Å². The molecule has 0 bridgehead atoms. The summed E-state index contributed by atoms with van der Waals surface area (Å²) in [6.45, 7) is 0. The second kappa shape index (κ2) is 5.00. The highest BCUT2D eigenvalue weighted by Gasteiger charge is 2.31.